The lowest BCUT2D eigenvalue weighted by Crippen LogP contribution is -2.40. The van der Waals surface area contributed by atoms with Crippen LogP contribution < -0.4 is 5.32 Å². The molecule has 0 saturated carbocycles. The predicted octanol–water partition coefficient (Wildman–Crippen LogP) is 1.83. The van der Waals surface area contributed by atoms with E-state index in [-0.39, 0.29) is 30.0 Å². The van der Waals surface area contributed by atoms with Gasteiger partial charge in [0, 0.05) is 57.6 Å². The minimum atomic E-state index is 0. The highest BCUT2D eigenvalue weighted by Crippen LogP contribution is 2.27. The smallest absolute Gasteiger partial charge is 0.194 e. The van der Waals surface area contributed by atoms with E-state index < -0.39 is 0 Å². The van der Waals surface area contributed by atoms with Crippen LogP contribution in [0.15, 0.2) is 29.8 Å². The molecule has 3 heterocycles. The number of halogens is 1. The molecule has 0 radical (unpaired) electrons. The van der Waals surface area contributed by atoms with Gasteiger partial charge in [-0.1, -0.05) is 0 Å². The Bertz CT molecular complexity index is 766. The van der Waals surface area contributed by atoms with Gasteiger partial charge in [0.1, 0.15) is 0 Å². The van der Waals surface area contributed by atoms with Crippen molar-refractivity contribution in [3.05, 3.63) is 35.9 Å². The van der Waals surface area contributed by atoms with E-state index in [0.717, 1.165) is 32.0 Å². The first-order chi connectivity index (χ1) is 13.0. The molecule has 0 aromatic carbocycles. The number of nitrogens with zero attached hydrogens (tertiary/aromatic N) is 7. The Morgan fingerprint density at radius 1 is 1.25 bits per heavy atom. The lowest BCUT2D eigenvalue weighted by Gasteiger charge is -2.25. The molecule has 156 valence electrons. The van der Waals surface area contributed by atoms with Crippen molar-refractivity contribution in [2.75, 3.05) is 40.3 Å². The highest BCUT2D eigenvalue weighted by molar-refractivity contribution is 14.0. The lowest BCUT2D eigenvalue weighted by atomic mass is 10.0. The number of hydrogen-bond donors (Lipinski definition) is 1. The Morgan fingerprint density at radius 3 is 2.54 bits per heavy atom. The van der Waals surface area contributed by atoms with E-state index >= 15 is 0 Å². The number of guanidine groups is 1. The van der Waals surface area contributed by atoms with E-state index in [1.165, 1.54) is 11.1 Å². The van der Waals surface area contributed by atoms with Crippen LogP contribution in [-0.4, -0.2) is 75.6 Å². The molecule has 2 atom stereocenters. The molecule has 1 N–H and O–H groups in total. The Hall–Kier alpha value is -1.62. The fourth-order valence-corrected chi connectivity index (χ4v) is 3.65. The number of aromatic nitrogens is 4. The number of likely N-dealkylation sites (N-methyl/N-ethyl adjacent to an activating group) is 1. The normalized spacial score (nSPS) is 18.4. The summed E-state index contributed by atoms with van der Waals surface area (Å²) in [5.74, 6) is 1.52. The second-order valence-corrected chi connectivity index (χ2v) is 7.50. The largest absolute Gasteiger partial charge is 0.357 e. The van der Waals surface area contributed by atoms with Crippen LogP contribution >= 0.6 is 24.0 Å². The van der Waals surface area contributed by atoms with Crippen molar-refractivity contribution in [3.63, 3.8) is 0 Å². The van der Waals surface area contributed by atoms with Crippen molar-refractivity contribution in [2.24, 2.45) is 19.1 Å². The maximum atomic E-state index is 4.97. The molecule has 3 rings (SSSR count). The number of aryl methyl sites for hydroxylation is 2. The molecule has 28 heavy (non-hydrogen) atoms. The van der Waals surface area contributed by atoms with Crippen molar-refractivity contribution in [2.45, 2.75) is 25.3 Å². The van der Waals surface area contributed by atoms with Gasteiger partial charge in [0.15, 0.2) is 5.96 Å². The van der Waals surface area contributed by atoms with E-state index in [9.17, 15) is 0 Å². The first kappa shape index (κ1) is 22.7. The topological polar surface area (TPSA) is 66.5 Å². The molecule has 1 saturated heterocycles. The third-order valence-corrected chi connectivity index (χ3v) is 5.17. The van der Waals surface area contributed by atoms with Gasteiger partial charge in [-0.2, -0.15) is 10.2 Å². The van der Waals surface area contributed by atoms with Crippen LogP contribution in [0.1, 0.15) is 36.4 Å². The van der Waals surface area contributed by atoms with E-state index in [4.69, 9.17) is 4.99 Å². The molecule has 2 unspecified atom stereocenters. The highest BCUT2D eigenvalue weighted by Gasteiger charge is 2.27. The molecule has 1 aliphatic rings. The number of rotatable bonds is 6. The fourth-order valence-electron chi connectivity index (χ4n) is 3.65. The third kappa shape index (κ3) is 5.47. The minimum absolute atomic E-state index is 0. The van der Waals surface area contributed by atoms with Gasteiger partial charge in [-0.25, -0.2) is 0 Å². The van der Waals surface area contributed by atoms with Crippen molar-refractivity contribution in [3.8, 4) is 0 Å². The maximum Gasteiger partial charge on any atom is 0.194 e. The SMILES string of the molecule is CCNC(=NCC(c1cnn(C)c1)N(C)C)N1CCC(c2cnn(C)c2)C1.I. The van der Waals surface area contributed by atoms with Crippen LogP contribution in [0.4, 0.5) is 0 Å². The molecule has 1 aliphatic heterocycles. The molecule has 0 spiro atoms. The molecular formula is C19H33IN8. The predicted molar refractivity (Wildman–Crippen MR) is 123 cm³/mol. The Morgan fingerprint density at radius 2 is 1.96 bits per heavy atom. The molecule has 8 nitrogen and oxygen atoms in total. The first-order valence-corrected chi connectivity index (χ1v) is 9.64. The van der Waals surface area contributed by atoms with Crippen LogP contribution in [0.5, 0.6) is 0 Å². The Labute approximate surface area is 185 Å². The van der Waals surface area contributed by atoms with Gasteiger partial charge >= 0.3 is 0 Å². The summed E-state index contributed by atoms with van der Waals surface area (Å²) < 4.78 is 3.73. The number of likely N-dealkylation sites (tertiary alicyclic amines) is 1. The van der Waals surface area contributed by atoms with Crippen molar-refractivity contribution >= 4 is 29.9 Å². The van der Waals surface area contributed by atoms with Crippen molar-refractivity contribution in [1.82, 2.24) is 34.7 Å². The standard InChI is InChI=1S/C19H32N8.HI/c1-6-20-19(21-11-18(24(2)3)17-10-23-26(5)13-17)27-8-7-15(14-27)16-9-22-25(4)12-16;/h9-10,12-13,15,18H,6-8,11,14H2,1-5H3,(H,20,21);1H. The fraction of sp³-hybridized carbons (Fsp3) is 0.632. The lowest BCUT2D eigenvalue weighted by molar-refractivity contribution is 0.305. The summed E-state index contributed by atoms with van der Waals surface area (Å²) in [6, 6.07) is 0.212. The number of hydrogen-bond acceptors (Lipinski definition) is 4. The summed E-state index contributed by atoms with van der Waals surface area (Å²) in [6.07, 6.45) is 9.25. The average molecular weight is 500 g/mol. The Balaban J connectivity index is 0.00000280. The average Bonchev–Trinajstić information content (AvgIpc) is 3.35. The molecule has 2 aromatic rings. The summed E-state index contributed by atoms with van der Waals surface area (Å²) in [7, 11) is 8.11. The molecule has 9 heteroatoms. The van der Waals surface area contributed by atoms with Crippen LogP contribution in [0, 0.1) is 0 Å². The van der Waals surface area contributed by atoms with Crippen LogP contribution in [0.25, 0.3) is 0 Å². The van der Waals surface area contributed by atoms with E-state index in [1.807, 2.05) is 35.9 Å². The Kier molecular flexibility index (Phi) is 8.29. The number of aliphatic imine (C=N–C) groups is 1. The van der Waals surface area contributed by atoms with E-state index in [0.29, 0.717) is 12.5 Å². The van der Waals surface area contributed by atoms with Gasteiger partial charge in [0.2, 0.25) is 0 Å². The van der Waals surface area contributed by atoms with Crippen molar-refractivity contribution < 1.29 is 0 Å². The molecule has 0 bridgehead atoms. The van der Waals surface area contributed by atoms with Crippen LogP contribution in [0.3, 0.4) is 0 Å². The van der Waals surface area contributed by atoms with Crippen LogP contribution in [-0.2, 0) is 14.1 Å². The molecule has 2 aromatic heterocycles. The van der Waals surface area contributed by atoms with Crippen LogP contribution in [0.2, 0.25) is 0 Å². The quantitative estimate of drug-likeness (QED) is 0.373. The molecular weight excluding hydrogens is 467 g/mol. The first-order valence-electron chi connectivity index (χ1n) is 9.64. The zero-order chi connectivity index (χ0) is 19.4. The van der Waals surface area contributed by atoms with Crippen molar-refractivity contribution in [1.29, 1.82) is 0 Å². The summed E-state index contributed by atoms with van der Waals surface area (Å²) in [5.41, 5.74) is 2.51. The summed E-state index contributed by atoms with van der Waals surface area (Å²) in [6.45, 7) is 5.69. The number of nitrogens with one attached hydrogen (secondary N) is 1. The summed E-state index contributed by atoms with van der Waals surface area (Å²) in [4.78, 5) is 9.54. The second kappa shape index (κ2) is 10.2. The van der Waals surface area contributed by atoms with Gasteiger partial charge in [-0.3, -0.25) is 14.4 Å². The van der Waals surface area contributed by atoms with Gasteiger partial charge in [0.25, 0.3) is 0 Å². The monoisotopic (exact) mass is 500 g/mol. The third-order valence-electron chi connectivity index (χ3n) is 5.17. The summed E-state index contributed by atoms with van der Waals surface area (Å²) in [5, 5.41) is 12.1. The second-order valence-electron chi connectivity index (χ2n) is 7.50. The molecule has 0 aliphatic carbocycles. The highest BCUT2D eigenvalue weighted by atomic mass is 127. The molecule has 1 fully saturated rings. The van der Waals surface area contributed by atoms with Gasteiger partial charge in [-0.05, 0) is 33.0 Å². The molecule has 0 amide bonds. The zero-order valence-electron chi connectivity index (χ0n) is 17.5. The van der Waals surface area contributed by atoms with E-state index in [1.54, 1.807) is 0 Å². The minimum Gasteiger partial charge on any atom is -0.357 e. The zero-order valence-corrected chi connectivity index (χ0v) is 19.9. The van der Waals surface area contributed by atoms with Gasteiger partial charge < -0.3 is 15.1 Å². The summed E-state index contributed by atoms with van der Waals surface area (Å²) >= 11 is 0. The van der Waals surface area contributed by atoms with E-state index in [2.05, 4.69) is 58.7 Å². The maximum absolute atomic E-state index is 4.97. The van der Waals surface area contributed by atoms with Gasteiger partial charge in [0.05, 0.1) is 25.0 Å². The van der Waals surface area contributed by atoms with Gasteiger partial charge in [-0.15, -0.1) is 24.0 Å².